The average Bonchev–Trinajstić information content (AvgIpc) is 2.16. The SMILES string of the molecule is CC(C)(N)CC(=O)NCCC1CCOCC1. The summed E-state index contributed by atoms with van der Waals surface area (Å²) in [5.41, 5.74) is 5.36. The van der Waals surface area contributed by atoms with E-state index in [1.807, 2.05) is 13.8 Å². The molecule has 1 fully saturated rings. The summed E-state index contributed by atoms with van der Waals surface area (Å²) in [6.45, 7) is 6.23. The molecular formula is C12H24N2O2. The predicted molar refractivity (Wildman–Crippen MR) is 64.1 cm³/mol. The topological polar surface area (TPSA) is 64.4 Å². The van der Waals surface area contributed by atoms with E-state index in [0.29, 0.717) is 12.3 Å². The minimum absolute atomic E-state index is 0.0551. The molecule has 1 saturated heterocycles. The van der Waals surface area contributed by atoms with Gasteiger partial charge in [0.25, 0.3) is 0 Å². The first kappa shape index (κ1) is 13.5. The Morgan fingerprint density at radius 3 is 2.62 bits per heavy atom. The van der Waals surface area contributed by atoms with E-state index < -0.39 is 5.54 Å². The van der Waals surface area contributed by atoms with Crippen LogP contribution in [0.15, 0.2) is 0 Å². The third kappa shape index (κ3) is 6.08. The highest BCUT2D eigenvalue weighted by Crippen LogP contribution is 2.17. The van der Waals surface area contributed by atoms with Crippen LogP contribution in [-0.4, -0.2) is 31.2 Å². The summed E-state index contributed by atoms with van der Waals surface area (Å²) in [5, 5.41) is 2.93. The van der Waals surface area contributed by atoms with Gasteiger partial charge in [-0.2, -0.15) is 0 Å². The second kappa shape index (κ2) is 6.21. The molecule has 0 radical (unpaired) electrons. The molecule has 1 aliphatic heterocycles. The van der Waals surface area contributed by atoms with Crippen LogP contribution in [0.25, 0.3) is 0 Å². The van der Waals surface area contributed by atoms with Crippen molar-refractivity contribution in [2.24, 2.45) is 11.7 Å². The highest BCUT2D eigenvalue weighted by atomic mass is 16.5. The molecule has 0 saturated carbocycles. The first-order valence-corrected chi connectivity index (χ1v) is 6.11. The molecule has 4 heteroatoms. The number of nitrogens with two attached hydrogens (primary N) is 1. The summed E-state index contributed by atoms with van der Waals surface area (Å²) < 4.78 is 5.29. The normalized spacial score (nSPS) is 18.4. The summed E-state index contributed by atoms with van der Waals surface area (Å²) >= 11 is 0. The van der Waals surface area contributed by atoms with Gasteiger partial charge in [-0.1, -0.05) is 0 Å². The van der Waals surface area contributed by atoms with Crippen LogP contribution in [0.2, 0.25) is 0 Å². The molecule has 0 unspecified atom stereocenters. The smallest absolute Gasteiger partial charge is 0.221 e. The molecule has 94 valence electrons. The van der Waals surface area contributed by atoms with Crippen molar-refractivity contribution in [3.05, 3.63) is 0 Å². The first-order chi connectivity index (χ1) is 7.47. The van der Waals surface area contributed by atoms with E-state index in [-0.39, 0.29) is 5.91 Å². The lowest BCUT2D eigenvalue weighted by Gasteiger charge is -2.22. The highest BCUT2D eigenvalue weighted by molar-refractivity contribution is 5.76. The summed E-state index contributed by atoms with van der Waals surface area (Å²) in [5.74, 6) is 0.763. The van der Waals surface area contributed by atoms with Gasteiger partial charge in [0.05, 0.1) is 0 Å². The molecule has 0 bridgehead atoms. The van der Waals surface area contributed by atoms with Gasteiger partial charge in [0.1, 0.15) is 0 Å². The van der Waals surface area contributed by atoms with E-state index in [0.717, 1.165) is 39.0 Å². The number of carbonyl (C=O) groups excluding carboxylic acids is 1. The van der Waals surface area contributed by atoms with Gasteiger partial charge in [-0.05, 0) is 39.0 Å². The largest absolute Gasteiger partial charge is 0.381 e. The second-order valence-corrected chi connectivity index (χ2v) is 5.36. The number of hydrogen-bond acceptors (Lipinski definition) is 3. The Morgan fingerprint density at radius 1 is 1.44 bits per heavy atom. The van der Waals surface area contributed by atoms with Gasteiger partial charge in [0.15, 0.2) is 0 Å². The number of carbonyl (C=O) groups is 1. The van der Waals surface area contributed by atoms with Crippen LogP contribution in [0, 0.1) is 5.92 Å². The third-order valence-corrected chi connectivity index (χ3v) is 2.83. The molecule has 0 aromatic heterocycles. The van der Waals surface area contributed by atoms with Crippen LogP contribution < -0.4 is 11.1 Å². The van der Waals surface area contributed by atoms with Gasteiger partial charge in [0.2, 0.25) is 5.91 Å². The summed E-state index contributed by atoms with van der Waals surface area (Å²) in [7, 11) is 0. The monoisotopic (exact) mass is 228 g/mol. The van der Waals surface area contributed by atoms with Crippen LogP contribution in [-0.2, 0) is 9.53 Å². The lowest BCUT2D eigenvalue weighted by atomic mass is 9.96. The van der Waals surface area contributed by atoms with Crippen molar-refractivity contribution in [1.82, 2.24) is 5.32 Å². The van der Waals surface area contributed by atoms with E-state index >= 15 is 0 Å². The minimum atomic E-state index is -0.414. The van der Waals surface area contributed by atoms with Crippen molar-refractivity contribution in [3.63, 3.8) is 0 Å². The van der Waals surface area contributed by atoms with Crippen molar-refractivity contribution < 1.29 is 9.53 Å². The Balaban J connectivity index is 2.08. The molecule has 1 amide bonds. The first-order valence-electron chi connectivity index (χ1n) is 6.11. The zero-order valence-corrected chi connectivity index (χ0v) is 10.4. The molecule has 1 heterocycles. The van der Waals surface area contributed by atoms with Gasteiger partial charge in [-0.25, -0.2) is 0 Å². The van der Waals surface area contributed by atoms with Crippen molar-refractivity contribution in [2.45, 2.75) is 45.1 Å². The molecule has 4 nitrogen and oxygen atoms in total. The number of amides is 1. The summed E-state index contributed by atoms with van der Waals surface area (Å²) in [4.78, 5) is 11.5. The van der Waals surface area contributed by atoms with Crippen molar-refractivity contribution in [3.8, 4) is 0 Å². The van der Waals surface area contributed by atoms with Gasteiger partial charge in [0, 0.05) is 31.7 Å². The van der Waals surface area contributed by atoms with E-state index in [4.69, 9.17) is 10.5 Å². The van der Waals surface area contributed by atoms with Crippen molar-refractivity contribution in [1.29, 1.82) is 0 Å². The van der Waals surface area contributed by atoms with Crippen LogP contribution in [0.3, 0.4) is 0 Å². The number of nitrogens with one attached hydrogen (secondary N) is 1. The zero-order valence-electron chi connectivity index (χ0n) is 10.4. The molecular weight excluding hydrogens is 204 g/mol. The Bertz CT molecular complexity index is 218. The summed E-state index contributed by atoms with van der Waals surface area (Å²) in [6, 6.07) is 0. The Labute approximate surface area is 97.9 Å². The standard InChI is InChI=1S/C12H24N2O2/c1-12(2,13)9-11(15)14-6-3-10-4-7-16-8-5-10/h10H,3-9,13H2,1-2H3,(H,14,15). The van der Waals surface area contributed by atoms with Crippen LogP contribution in [0.1, 0.15) is 39.5 Å². The fourth-order valence-electron chi connectivity index (χ4n) is 1.93. The number of hydrogen-bond donors (Lipinski definition) is 2. The predicted octanol–water partition coefficient (Wildman–Crippen LogP) is 1.05. The van der Waals surface area contributed by atoms with E-state index in [1.54, 1.807) is 0 Å². The van der Waals surface area contributed by atoms with Crippen LogP contribution >= 0.6 is 0 Å². The van der Waals surface area contributed by atoms with Gasteiger partial charge in [-0.15, -0.1) is 0 Å². The molecule has 1 rings (SSSR count). The maximum Gasteiger partial charge on any atom is 0.221 e. The fourth-order valence-corrected chi connectivity index (χ4v) is 1.93. The van der Waals surface area contributed by atoms with E-state index in [9.17, 15) is 4.79 Å². The van der Waals surface area contributed by atoms with Crippen molar-refractivity contribution >= 4 is 5.91 Å². The Kier molecular flexibility index (Phi) is 5.22. The Hall–Kier alpha value is -0.610. The Morgan fingerprint density at radius 2 is 2.06 bits per heavy atom. The van der Waals surface area contributed by atoms with E-state index in [1.165, 1.54) is 0 Å². The van der Waals surface area contributed by atoms with Crippen LogP contribution in [0.5, 0.6) is 0 Å². The van der Waals surface area contributed by atoms with Crippen molar-refractivity contribution in [2.75, 3.05) is 19.8 Å². The molecule has 0 aromatic carbocycles. The zero-order chi connectivity index (χ0) is 12.0. The number of ether oxygens (including phenoxy) is 1. The fraction of sp³-hybridized carbons (Fsp3) is 0.917. The molecule has 1 aliphatic rings. The molecule has 0 aromatic rings. The molecule has 0 aliphatic carbocycles. The van der Waals surface area contributed by atoms with Gasteiger partial charge in [-0.3, -0.25) is 4.79 Å². The maximum atomic E-state index is 11.5. The minimum Gasteiger partial charge on any atom is -0.381 e. The average molecular weight is 228 g/mol. The van der Waals surface area contributed by atoms with Crippen LogP contribution in [0.4, 0.5) is 0 Å². The maximum absolute atomic E-state index is 11.5. The van der Waals surface area contributed by atoms with Gasteiger partial charge >= 0.3 is 0 Å². The highest BCUT2D eigenvalue weighted by Gasteiger charge is 2.17. The molecule has 0 atom stereocenters. The molecule has 16 heavy (non-hydrogen) atoms. The third-order valence-electron chi connectivity index (χ3n) is 2.83. The molecule has 0 spiro atoms. The second-order valence-electron chi connectivity index (χ2n) is 5.36. The summed E-state index contributed by atoms with van der Waals surface area (Å²) in [6.07, 6.45) is 3.69. The number of rotatable bonds is 5. The quantitative estimate of drug-likeness (QED) is 0.739. The lowest BCUT2D eigenvalue weighted by Crippen LogP contribution is -2.39. The molecule has 3 N–H and O–H groups in total. The lowest BCUT2D eigenvalue weighted by molar-refractivity contribution is -0.122. The van der Waals surface area contributed by atoms with E-state index in [2.05, 4.69) is 5.32 Å². The van der Waals surface area contributed by atoms with Gasteiger partial charge < -0.3 is 15.8 Å².